The van der Waals surface area contributed by atoms with Crippen molar-refractivity contribution in [1.82, 2.24) is 10.2 Å². The molecule has 0 bridgehead atoms. The van der Waals surface area contributed by atoms with Crippen LogP contribution in [0, 0.1) is 11.3 Å². The number of rotatable bonds is 3. The molecule has 1 atom stereocenters. The average Bonchev–Trinajstić information content (AvgIpc) is 2.83. The van der Waals surface area contributed by atoms with Crippen LogP contribution in [0.1, 0.15) is 32.4 Å². The lowest BCUT2D eigenvalue weighted by atomic mass is 9.98. The van der Waals surface area contributed by atoms with Gasteiger partial charge >= 0.3 is 0 Å². The zero-order chi connectivity index (χ0) is 13.9. The Balaban J connectivity index is 2.22. The van der Waals surface area contributed by atoms with Gasteiger partial charge in [0, 0.05) is 5.54 Å². The molecule has 0 saturated carbocycles. The summed E-state index contributed by atoms with van der Waals surface area (Å²) in [6.45, 7) is 5.27. The second-order valence-corrected chi connectivity index (χ2v) is 5.44. The molecule has 1 saturated heterocycles. The van der Waals surface area contributed by atoms with E-state index in [1.807, 2.05) is 30.9 Å². The van der Waals surface area contributed by atoms with Gasteiger partial charge in [0.15, 0.2) is 0 Å². The minimum atomic E-state index is -0.415. The summed E-state index contributed by atoms with van der Waals surface area (Å²) in [6.07, 6.45) is 2.65. The first-order valence-electron chi connectivity index (χ1n) is 6.49. The minimum Gasteiger partial charge on any atom is -0.467 e. The first-order chi connectivity index (χ1) is 9.04. The molecule has 1 aromatic heterocycles. The molecule has 1 amide bonds. The highest BCUT2D eigenvalue weighted by atomic mass is 16.3. The molecule has 0 radical (unpaired) electrons. The molecular weight excluding hydrogens is 242 g/mol. The van der Waals surface area contributed by atoms with Crippen molar-refractivity contribution in [2.45, 2.75) is 44.8 Å². The largest absolute Gasteiger partial charge is 0.467 e. The highest BCUT2D eigenvalue weighted by Crippen LogP contribution is 2.25. The highest BCUT2D eigenvalue weighted by Gasteiger charge is 2.37. The van der Waals surface area contributed by atoms with Crippen LogP contribution >= 0.6 is 0 Å². The third-order valence-corrected chi connectivity index (χ3v) is 3.61. The lowest BCUT2D eigenvalue weighted by Gasteiger charge is -2.37. The monoisotopic (exact) mass is 261 g/mol. The van der Waals surface area contributed by atoms with E-state index >= 15 is 0 Å². The van der Waals surface area contributed by atoms with Gasteiger partial charge < -0.3 is 14.6 Å². The van der Waals surface area contributed by atoms with E-state index in [9.17, 15) is 4.79 Å². The molecule has 2 heterocycles. The molecule has 5 heteroatoms. The van der Waals surface area contributed by atoms with Crippen LogP contribution < -0.4 is 5.32 Å². The minimum absolute atomic E-state index is 0.0274. The van der Waals surface area contributed by atoms with Crippen LogP contribution in [-0.4, -0.2) is 28.9 Å². The fourth-order valence-electron chi connectivity index (χ4n) is 2.36. The van der Waals surface area contributed by atoms with Gasteiger partial charge in [-0.2, -0.15) is 5.26 Å². The molecule has 1 aromatic rings. The quantitative estimate of drug-likeness (QED) is 0.898. The van der Waals surface area contributed by atoms with Gasteiger partial charge in [0.1, 0.15) is 5.76 Å². The van der Waals surface area contributed by atoms with Crippen molar-refractivity contribution in [1.29, 1.82) is 5.26 Å². The van der Waals surface area contributed by atoms with Crippen molar-refractivity contribution < 1.29 is 9.21 Å². The second kappa shape index (κ2) is 5.45. The topological polar surface area (TPSA) is 69.3 Å². The standard InChI is InChI=1S/C14H19N3O2/c1-14(2)6-8-16-12(5-7-15)13(18)17(14)10-11-4-3-9-19-11/h3-4,9,12,16H,5-6,8,10H2,1-2H3. The summed E-state index contributed by atoms with van der Waals surface area (Å²) in [4.78, 5) is 14.4. The van der Waals surface area contributed by atoms with E-state index in [0.29, 0.717) is 6.54 Å². The summed E-state index contributed by atoms with van der Waals surface area (Å²) in [7, 11) is 0. The zero-order valence-electron chi connectivity index (χ0n) is 11.3. The Morgan fingerprint density at radius 2 is 2.42 bits per heavy atom. The van der Waals surface area contributed by atoms with Crippen LogP contribution in [0.4, 0.5) is 0 Å². The van der Waals surface area contributed by atoms with Crippen LogP contribution in [0.15, 0.2) is 22.8 Å². The van der Waals surface area contributed by atoms with E-state index in [1.54, 1.807) is 6.26 Å². The molecule has 0 spiro atoms. The smallest absolute Gasteiger partial charge is 0.241 e. The third kappa shape index (κ3) is 2.96. The molecule has 1 fully saturated rings. The number of hydrogen-bond donors (Lipinski definition) is 1. The number of nitrogens with one attached hydrogen (secondary N) is 1. The van der Waals surface area contributed by atoms with Crippen molar-refractivity contribution in [3.63, 3.8) is 0 Å². The van der Waals surface area contributed by atoms with E-state index in [2.05, 4.69) is 11.4 Å². The molecule has 0 aliphatic carbocycles. The summed E-state index contributed by atoms with van der Waals surface area (Å²) in [5.74, 6) is 0.736. The Hall–Kier alpha value is -1.80. The fraction of sp³-hybridized carbons (Fsp3) is 0.571. The van der Waals surface area contributed by atoms with Crippen molar-refractivity contribution in [2.24, 2.45) is 0 Å². The molecule has 1 aliphatic heterocycles. The van der Waals surface area contributed by atoms with Gasteiger partial charge in [0.05, 0.1) is 31.3 Å². The zero-order valence-corrected chi connectivity index (χ0v) is 11.3. The summed E-state index contributed by atoms with van der Waals surface area (Å²) < 4.78 is 5.33. The number of nitriles is 1. The summed E-state index contributed by atoms with van der Waals surface area (Å²) in [5, 5.41) is 12.0. The Morgan fingerprint density at radius 3 is 3.05 bits per heavy atom. The summed E-state index contributed by atoms with van der Waals surface area (Å²) in [6, 6.07) is 5.33. The molecule has 102 valence electrons. The summed E-state index contributed by atoms with van der Waals surface area (Å²) in [5.41, 5.74) is -0.249. The van der Waals surface area contributed by atoms with Crippen molar-refractivity contribution in [3.8, 4) is 6.07 Å². The highest BCUT2D eigenvalue weighted by molar-refractivity contribution is 5.83. The maximum atomic E-state index is 12.5. The lowest BCUT2D eigenvalue weighted by molar-refractivity contribution is -0.138. The number of furan rings is 1. The van der Waals surface area contributed by atoms with Crippen LogP contribution in [-0.2, 0) is 11.3 Å². The van der Waals surface area contributed by atoms with Crippen LogP contribution in [0.3, 0.4) is 0 Å². The lowest BCUT2D eigenvalue weighted by Crippen LogP contribution is -2.50. The molecule has 19 heavy (non-hydrogen) atoms. The van der Waals surface area contributed by atoms with Gasteiger partial charge in [-0.25, -0.2) is 0 Å². The number of carbonyl (C=O) groups is 1. The number of carbonyl (C=O) groups excluding carboxylic acids is 1. The van der Waals surface area contributed by atoms with Crippen LogP contribution in [0.5, 0.6) is 0 Å². The Morgan fingerprint density at radius 1 is 1.63 bits per heavy atom. The predicted octanol–water partition coefficient (Wildman–Crippen LogP) is 1.66. The molecule has 2 rings (SSSR count). The van der Waals surface area contributed by atoms with Crippen molar-refractivity contribution in [3.05, 3.63) is 24.2 Å². The van der Waals surface area contributed by atoms with E-state index in [4.69, 9.17) is 9.68 Å². The molecule has 1 N–H and O–H groups in total. The maximum Gasteiger partial charge on any atom is 0.241 e. The normalized spacial score (nSPS) is 22.9. The van der Waals surface area contributed by atoms with Gasteiger partial charge in [-0.05, 0) is 38.9 Å². The van der Waals surface area contributed by atoms with Gasteiger partial charge in [-0.3, -0.25) is 4.79 Å². The first kappa shape index (κ1) is 13.6. The summed E-state index contributed by atoms with van der Waals surface area (Å²) >= 11 is 0. The second-order valence-electron chi connectivity index (χ2n) is 5.44. The molecule has 1 unspecified atom stereocenters. The predicted molar refractivity (Wildman–Crippen MR) is 70.0 cm³/mol. The average molecular weight is 261 g/mol. The van der Waals surface area contributed by atoms with E-state index in [0.717, 1.165) is 18.7 Å². The molecule has 0 aromatic carbocycles. The molecule has 5 nitrogen and oxygen atoms in total. The van der Waals surface area contributed by atoms with Crippen molar-refractivity contribution >= 4 is 5.91 Å². The SMILES string of the molecule is CC1(C)CCNC(CC#N)C(=O)N1Cc1ccco1. The van der Waals surface area contributed by atoms with E-state index in [-0.39, 0.29) is 17.9 Å². The Bertz CT molecular complexity index is 473. The van der Waals surface area contributed by atoms with Crippen molar-refractivity contribution in [2.75, 3.05) is 6.54 Å². The maximum absolute atomic E-state index is 12.5. The van der Waals surface area contributed by atoms with E-state index < -0.39 is 6.04 Å². The van der Waals surface area contributed by atoms with Crippen LogP contribution in [0.25, 0.3) is 0 Å². The number of hydrogen-bond acceptors (Lipinski definition) is 4. The Labute approximate surface area is 113 Å². The number of nitrogens with zero attached hydrogens (tertiary/aromatic N) is 2. The molecule has 1 aliphatic rings. The van der Waals surface area contributed by atoms with Gasteiger partial charge in [0.25, 0.3) is 0 Å². The van der Waals surface area contributed by atoms with Gasteiger partial charge in [0.2, 0.25) is 5.91 Å². The van der Waals surface area contributed by atoms with Crippen LogP contribution in [0.2, 0.25) is 0 Å². The third-order valence-electron chi connectivity index (χ3n) is 3.61. The van der Waals surface area contributed by atoms with Gasteiger partial charge in [-0.15, -0.1) is 0 Å². The molecular formula is C14H19N3O2. The Kier molecular flexibility index (Phi) is 3.91. The van der Waals surface area contributed by atoms with Gasteiger partial charge in [-0.1, -0.05) is 0 Å². The first-order valence-corrected chi connectivity index (χ1v) is 6.49. The fourth-order valence-corrected chi connectivity index (χ4v) is 2.36. The number of amides is 1. The van der Waals surface area contributed by atoms with E-state index in [1.165, 1.54) is 0 Å².